The number of carbonyl (C=O) groups is 3. The lowest BCUT2D eigenvalue weighted by Gasteiger charge is -2.32. The largest absolute Gasteiger partial charge is 0.490 e. The number of amides is 1. The standard InChI is InChI=1S/C19H28N6O.2C2HF3O2/c1-2-9-21-18-6-4-3-5-17(18)19(26)24-10-7-15(8-11-24)13-25-14-16(12-20)22-23-25;2*3-2(4,5)1(6)7/h3-6,14-15,21H,2,7-13,20H2,1H3;2*(H,6,7). The van der Waals surface area contributed by atoms with Crippen molar-refractivity contribution in [3.63, 3.8) is 0 Å². The number of benzene rings is 1. The Kier molecular flexibility index (Phi) is 13.3. The van der Waals surface area contributed by atoms with E-state index in [1.54, 1.807) is 0 Å². The highest BCUT2D eigenvalue weighted by molar-refractivity contribution is 5.99. The molecule has 0 saturated carbocycles. The number of hydrogen-bond donors (Lipinski definition) is 4. The molecule has 5 N–H and O–H groups in total. The molecular formula is C23H30F6N6O5. The second kappa shape index (κ2) is 15.6. The summed E-state index contributed by atoms with van der Waals surface area (Å²) in [5.74, 6) is -4.88. The molecule has 1 aromatic carbocycles. The average Bonchev–Trinajstić information content (AvgIpc) is 3.35. The molecule has 224 valence electrons. The third kappa shape index (κ3) is 11.9. The first-order chi connectivity index (χ1) is 18.6. The molecule has 1 aliphatic heterocycles. The summed E-state index contributed by atoms with van der Waals surface area (Å²) in [6.07, 6.45) is -5.27. The van der Waals surface area contributed by atoms with E-state index in [0.29, 0.717) is 12.5 Å². The van der Waals surface area contributed by atoms with Gasteiger partial charge in [0.05, 0.1) is 11.3 Å². The number of halogens is 6. The van der Waals surface area contributed by atoms with Gasteiger partial charge in [-0.05, 0) is 37.3 Å². The Balaban J connectivity index is 0.000000473. The minimum Gasteiger partial charge on any atom is -0.475 e. The van der Waals surface area contributed by atoms with Crippen LogP contribution in [0.15, 0.2) is 30.5 Å². The van der Waals surface area contributed by atoms with Crippen molar-refractivity contribution in [2.24, 2.45) is 11.7 Å². The monoisotopic (exact) mass is 584 g/mol. The van der Waals surface area contributed by atoms with Gasteiger partial charge in [0.2, 0.25) is 0 Å². The zero-order valence-electron chi connectivity index (χ0n) is 21.4. The van der Waals surface area contributed by atoms with Crippen LogP contribution in [-0.4, -0.2) is 79.9 Å². The lowest BCUT2D eigenvalue weighted by atomic mass is 9.96. The first kappa shape index (κ1) is 34.1. The van der Waals surface area contributed by atoms with Gasteiger partial charge in [-0.1, -0.05) is 24.3 Å². The van der Waals surface area contributed by atoms with Gasteiger partial charge < -0.3 is 26.2 Å². The number of anilines is 1. The SMILES string of the molecule is CCCNc1ccccc1C(=O)N1CCC(Cn2cc(CN)nn2)CC1.O=C(O)C(F)(F)F.O=C(O)C(F)(F)F. The van der Waals surface area contributed by atoms with Crippen LogP contribution in [0.2, 0.25) is 0 Å². The molecule has 11 nitrogen and oxygen atoms in total. The van der Waals surface area contributed by atoms with Crippen LogP contribution in [-0.2, 0) is 22.7 Å². The third-order valence-corrected chi connectivity index (χ3v) is 5.35. The van der Waals surface area contributed by atoms with E-state index in [0.717, 1.165) is 62.4 Å². The predicted octanol–water partition coefficient (Wildman–Crippen LogP) is 3.38. The van der Waals surface area contributed by atoms with Crippen molar-refractivity contribution in [3.05, 3.63) is 41.7 Å². The fraction of sp³-hybridized carbons (Fsp3) is 0.522. The first-order valence-electron chi connectivity index (χ1n) is 11.9. The van der Waals surface area contributed by atoms with Crippen LogP contribution in [0.1, 0.15) is 42.2 Å². The van der Waals surface area contributed by atoms with E-state index >= 15 is 0 Å². The fourth-order valence-corrected chi connectivity index (χ4v) is 3.36. The van der Waals surface area contributed by atoms with Crippen LogP contribution < -0.4 is 11.1 Å². The molecule has 1 aliphatic rings. The molecule has 0 atom stereocenters. The molecule has 2 aromatic rings. The van der Waals surface area contributed by atoms with E-state index in [1.165, 1.54) is 0 Å². The molecule has 1 aromatic heterocycles. The van der Waals surface area contributed by atoms with E-state index in [2.05, 4.69) is 22.6 Å². The van der Waals surface area contributed by atoms with Gasteiger partial charge in [0.1, 0.15) is 0 Å². The van der Waals surface area contributed by atoms with E-state index in [-0.39, 0.29) is 5.91 Å². The summed E-state index contributed by atoms with van der Waals surface area (Å²) in [5.41, 5.74) is 8.09. The normalized spacial score (nSPS) is 13.8. The molecule has 1 saturated heterocycles. The van der Waals surface area contributed by atoms with Gasteiger partial charge in [-0.15, -0.1) is 5.10 Å². The number of likely N-dealkylation sites (tertiary alicyclic amines) is 1. The molecule has 1 fully saturated rings. The number of para-hydroxylation sites is 1. The van der Waals surface area contributed by atoms with E-state index < -0.39 is 24.3 Å². The minimum atomic E-state index is -5.08. The molecule has 0 unspecified atom stereocenters. The number of nitrogens with two attached hydrogens (primary N) is 1. The average molecular weight is 585 g/mol. The number of alkyl halides is 6. The number of carbonyl (C=O) groups excluding carboxylic acids is 1. The van der Waals surface area contributed by atoms with Gasteiger partial charge in [-0.3, -0.25) is 9.48 Å². The van der Waals surface area contributed by atoms with E-state index in [1.807, 2.05) is 40.0 Å². The lowest BCUT2D eigenvalue weighted by molar-refractivity contribution is -0.193. The molecule has 0 spiro atoms. The molecule has 0 radical (unpaired) electrons. The fourth-order valence-electron chi connectivity index (χ4n) is 3.36. The minimum absolute atomic E-state index is 0.119. The number of aliphatic carboxylic acids is 2. The summed E-state index contributed by atoms with van der Waals surface area (Å²) < 4.78 is 65.3. The highest BCUT2D eigenvalue weighted by Gasteiger charge is 2.38. The first-order valence-corrected chi connectivity index (χ1v) is 11.9. The van der Waals surface area contributed by atoms with Crippen molar-refractivity contribution in [2.45, 2.75) is 51.6 Å². The maximum atomic E-state index is 12.9. The highest BCUT2D eigenvalue weighted by atomic mass is 19.4. The summed E-state index contributed by atoms with van der Waals surface area (Å²) in [6.45, 7) is 5.80. The third-order valence-electron chi connectivity index (χ3n) is 5.35. The van der Waals surface area contributed by atoms with Crippen LogP contribution in [0.25, 0.3) is 0 Å². The number of aromatic nitrogens is 3. The lowest BCUT2D eigenvalue weighted by Crippen LogP contribution is -2.39. The number of nitrogens with one attached hydrogen (secondary N) is 1. The Hall–Kier alpha value is -3.89. The van der Waals surface area contributed by atoms with Crippen LogP contribution in [0.4, 0.5) is 32.0 Å². The Morgan fingerprint density at radius 3 is 2.00 bits per heavy atom. The highest BCUT2D eigenvalue weighted by Crippen LogP contribution is 2.23. The number of nitrogens with zero attached hydrogens (tertiary/aromatic N) is 4. The summed E-state index contributed by atoms with van der Waals surface area (Å²) in [5, 5.41) is 25.8. The van der Waals surface area contributed by atoms with Gasteiger partial charge in [0.15, 0.2) is 0 Å². The number of piperidine rings is 1. The number of rotatable bonds is 7. The Morgan fingerprint density at radius 2 is 1.55 bits per heavy atom. The van der Waals surface area contributed by atoms with Crippen molar-refractivity contribution >= 4 is 23.5 Å². The van der Waals surface area contributed by atoms with Gasteiger partial charge in [0, 0.05) is 44.6 Å². The van der Waals surface area contributed by atoms with Crippen LogP contribution in [0.3, 0.4) is 0 Å². The maximum Gasteiger partial charge on any atom is 0.490 e. The quantitative estimate of drug-likeness (QED) is 0.357. The Morgan fingerprint density at radius 1 is 1.02 bits per heavy atom. The smallest absolute Gasteiger partial charge is 0.475 e. The van der Waals surface area contributed by atoms with Crippen LogP contribution in [0.5, 0.6) is 0 Å². The van der Waals surface area contributed by atoms with Gasteiger partial charge >= 0.3 is 24.3 Å². The Labute approximate surface area is 224 Å². The molecule has 3 rings (SSSR count). The summed E-state index contributed by atoms with van der Waals surface area (Å²) in [6, 6.07) is 7.79. The van der Waals surface area contributed by atoms with E-state index in [9.17, 15) is 31.1 Å². The van der Waals surface area contributed by atoms with Crippen molar-refractivity contribution in [3.8, 4) is 0 Å². The maximum absolute atomic E-state index is 12.9. The number of carboxylic acid groups (broad SMARTS) is 2. The van der Waals surface area contributed by atoms with Gasteiger partial charge in [-0.2, -0.15) is 26.3 Å². The number of hydrogen-bond acceptors (Lipinski definition) is 7. The topological polar surface area (TPSA) is 164 Å². The summed E-state index contributed by atoms with van der Waals surface area (Å²) >= 11 is 0. The molecule has 0 aliphatic carbocycles. The molecule has 0 bridgehead atoms. The van der Waals surface area contributed by atoms with Gasteiger partial charge in [-0.25, -0.2) is 9.59 Å². The van der Waals surface area contributed by atoms with Crippen LogP contribution >= 0.6 is 0 Å². The molecule has 1 amide bonds. The van der Waals surface area contributed by atoms with Crippen LogP contribution in [0, 0.1) is 5.92 Å². The second-order valence-electron chi connectivity index (χ2n) is 8.45. The van der Waals surface area contributed by atoms with Crippen molar-refractivity contribution < 1.29 is 50.9 Å². The summed E-state index contributed by atoms with van der Waals surface area (Å²) in [4.78, 5) is 32.7. The molecule has 17 heteroatoms. The molecule has 2 heterocycles. The second-order valence-corrected chi connectivity index (χ2v) is 8.45. The Bertz CT molecular complexity index is 1080. The van der Waals surface area contributed by atoms with Crippen molar-refractivity contribution in [1.29, 1.82) is 0 Å². The zero-order chi connectivity index (χ0) is 30.5. The summed E-state index contributed by atoms with van der Waals surface area (Å²) in [7, 11) is 0. The van der Waals surface area contributed by atoms with Gasteiger partial charge in [0.25, 0.3) is 5.91 Å². The molecular weight excluding hydrogens is 554 g/mol. The van der Waals surface area contributed by atoms with Crippen molar-refractivity contribution in [2.75, 3.05) is 25.0 Å². The molecule has 40 heavy (non-hydrogen) atoms. The predicted molar refractivity (Wildman–Crippen MR) is 129 cm³/mol. The van der Waals surface area contributed by atoms with Crippen molar-refractivity contribution in [1.82, 2.24) is 19.9 Å². The van der Waals surface area contributed by atoms with E-state index in [4.69, 9.17) is 25.5 Å². The zero-order valence-corrected chi connectivity index (χ0v) is 21.4. The number of carboxylic acids is 2.